The molecular weight excluding hydrogens is 484 g/mol. The third-order valence-corrected chi connectivity index (χ3v) is 5.71. The van der Waals surface area contributed by atoms with Crippen molar-refractivity contribution in [2.75, 3.05) is 0 Å². The first-order chi connectivity index (χ1) is 14.5. The van der Waals surface area contributed by atoms with Crippen LogP contribution in [0.15, 0.2) is 97.1 Å². The van der Waals surface area contributed by atoms with Crippen LogP contribution in [0.1, 0.15) is 77.6 Å². The van der Waals surface area contributed by atoms with E-state index in [9.17, 15) is 0 Å². The van der Waals surface area contributed by atoms with Crippen LogP contribution in [0.2, 0.25) is 0 Å². The molecule has 0 spiro atoms. The molecule has 4 aromatic carbocycles. The Morgan fingerprint density at radius 3 is 1.42 bits per heavy atom. The van der Waals surface area contributed by atoms with E-state index in [1.807, 2.05) is 60.7 Å². The first-order valence-electron chi connectivity index (χ1n) is 11.3. The van der Waals surface area contributed by atoms with Crippen LogP contribution in [0.5, 0.6) is 0 Å². The maximum Gasteiger partial charge on any atom is 0 e. The standard InChI is InChI=1S/C21H30.2C5H5.2Fe/c1-19(2,3)15-11-9-13-17(15)21(7,8)18-14-10-12-16(18)20(4,5)6;2*1-2-4-5-3-1;;/h9-14H,1-8H3;2*1-5H;;/q-6;2*-1;;. The quantitative estimate of drug-likeness (QED) is 0.182. The van der Waals surface area contributed by atoms with Crippen LogP contribution >= 0.6 is 0 Å². The van der Waals surface area contributed by atoms with E-state index in [-0.39, 0.29) is 50.4 Å². The van der Waals surface area contributed by atoms with Gasteiger partial charge in [0.25, 0.3) is 0 Å². The zero-order chi connectivity index (χ0) is 23.1. The van der Waals surface area contributed by atoms with Gasteiger partial charge in [0.15, 0.2) is 0 Å². The summed E-state index contributed by atoms with van der Waals surface area (Å²) in [7, 11) is 0. The molecule has 4 aromatic rings. The number of hydrogen-bond donors (Lipinski definition) is 0. The van der Waals surface area contributed by atoms with Crippen LogP contribution in [-0.4, -0.2) is 0 Å². The molecule has 0 aromatic heterocycles. The zero-order valence-electron chi connectivity index (χ0n) is 21.4. The molecule has 0 unspecified atom stereocenters. The summed E-state index contributed by atoms with van der Waals surface area (Å²) in [5, 5.41) is 0. The molecule has 0 N–H and O–H groups in total. The fourth-order valence-electron chi connectivity index (χ4n) is 4.02. The van der Waals surface area contributed by atoms with Gasteiger partial charge in [0.1, 0.15) is 0 Å². The fourth-order valence-corrected chi connectivity index (χ4v) is 4.02. The molecule has 0 nitrogen and oxygen atoms in total. The largest absolute Gasteiger partial charge is 0.747 e. The summed E-state index contributed by atoms with van der Waals surface area (Å²) in [6.45, 7) is 18.5. The van der Waals surface area contributed by atoms with E-state index in [0.717, 1.165) is 0 Å². The summed E-state index contributed by atoms with van der Waals surface area (Å²) in [5.74, 6) is 0. The Labute approximate surface area is 224 Å². The van der Waals surface area contributed by atoms with Gasteiger partial charge >= 0.3 is 0 Å². The molecule has 0 bridgehead atoms. The van der Waals surface area contributed by atoms with Gasteiger partial charge in [0.2, 0.25) is 0 Å². The second-order valence-corrected chi connectivity index (χ2v) is 10.8. The van der Waals surface area contributed by atoms with Crippen molar-refractivity contribution >= 4 is 0 Å². The fraction of sp³-hybridized carbons (Fsp3) is 0.355. The van der Waals surface area contributed by atoms with Crippen LogP contribution < -0.4 is 0 Å². The second kappa shape index (κ2) is 13.4. The summed E-state index contributed by atoms with van der Waals surface area (Å²) in [4.78, 5) is 0. The van der Waals surface area contributed by atoms with Crippen molar-refractivity contribution in [2.24, 2.45) is 0 Å². The minimum absolute atomic E-state index is 0. The van der Waals surface area contributed by atoms with Crippen molar-refractivity contribution in [1.29, 1.82) is 0 Å². The Morgan fingerprint density at radius 2 is 1.06 bits per heavy atom. The predicted molar refractivity (Wildman–Crippen MR) is 138 cm³/mol. The summed E-state index contributed by atoms with van der Waals surface area (Å²) in [6.07, 6.45) is 0. The van der Waals surface area contributed by atoms with E-state index in [2.05, 4.69) is 91.8 Å². The van der Waals surface area contributed by atoms with Gasteiger partial charge in [-0.05, 0) is 0 Å². The topological polar surface area (TPSA) is 0 Å². The Hall–Kier alpha value is -1.56. The van der Waals surface area contributed by atoms with Crippen molar-refractivity contribution in [3.8, 4) is 0 Å². The molecule has 0 saturated heterocycles. The van der Waals surface area contributed by atoms with Crippen molar-refractivity contribution < 1.29 is 34.1 Å². The van der Waals surface area contributed by atoms with E-state index in [1.165, 1.54) is 22.3 Å². The van der Waals surface area contributed by atoms with E-state index in [0.29, 0.717) is 0 Å². The Balaban J connectivity index is 0.000000701. The molecule has 0 atom stereocenters. The average molecular weight is 524 g/mol. The van der Waals surface area contributed by atoms with E-state index >= 15 is 0 Å². The molecule has 0 aliphatic heterocycles. The molecule has 0 amide bonds. The third kappa shape index (κ3) is 8.95. The van der Waals surface area contributed by atoms with Gasteiger partial charge < -0.3 is 29.3 Å². The van der Waals surface area contributed by atoms with Crippen LogP contribution in [0, 0.1) is 0 Å². The van der Waals surface area contributed by atoms with E-state index < -0.39 is 0 Å². The molecule has 0 heterocycles. The summed E-state index contributed by atoms with van der Waals surface area (Å²) in [5.41, 5.74) is 6.27. The molecule has 188 valence electrons. The zero-order valence-corrected chi connectivity index (χ0v) is 23.7. The molecule has 0 fully saturated rings. The molecule has 0 saturated carbocycles. The van der Waals surface area contributed by atoms with Gasteiger partial charge in [0.05, 0.1) is 0 Å². The molecule has 33 heavy (non-hydrogen) atoms. The maximum absolute atomic E-state index is 2.36. The Morgan fingerprint density at radius 1 is 0.606 bits per heavy atom. The Bertz CT molecular complexity index is 848. The van der Waals surface area contributed by atoms with Crippen molar-refractivity contribution in [2.45, 2.75) is 71.6 Å². The third-order valence-electron chi connectivity index (χ3n) is 5.71. The van der Waals surface area contributed by atoms with Gasteiger partial charge in [-0.15, -0.1) is 0 Å². The SMILES string of the molecule is CC(C)(C)[c-]1cccc1C(C)(C)[c-]1[cH-][cH-][cH-][c-]1C(C)(C)C.[Fe].[Fe].c1cc[cH-]c1.c1cc[cH-]c1. The summed E-state index contributed by atoms with van der Waals surface area (Å²) in [6, 6.07) is 33.6. The second-order valence-electron chi connectivity index (χ2n) is 10.8. The molecule has 4 rings (SSSR count). The van der Waals surface area contributed by atoms with Crippen LogP contribution in [0.25, 0.3) is 0 Å². The number of rotatable bonds is 2. The summed E-state index contributed by atoms with van der Waals surface area (Å²) >= 11 is 0. The molecule has 0 aliphatic rings. The Kier molecular flexibility index (Phi) is 12.7. The first-order valence-corrected chi connectivity index (χ1v) is 11.3. The monoisotopic (exact) mass is 524 g/mol. The molecule has 0 radical (unpaired) electrons. The van der Waals surface area contributed by atoms with Crippen LogP contribution in [-0.2, 0) is 50.4 Å². The van der Waals surface area contributed by atoms with Gasteiger partial charge in [-0.1, -0.05) is 60.8 Å². The minimum atomic E-state index is 0. The number of hydrogen-bond acceptors (Lipinski definition) is 0. The molecular formula is C31H40Fe2-8. The van der Waals surface area contributed by atoms with E-state index in [4.69, 9.17) is 0 Å². The van der Waals surface area contributed by atoms with E-state index in [1.54, 1.807) is 0 Å². The average Bonchev–Trinajstić information content (AvgIpc) is 3.52. The van der Waals surface area contributed by atoms with Gasteiger partial charge in [0, 0.05) is 34.1 Å². The van der Waals surface area contributed by atoms with Gasteiger partial charge in [-0.2, -0.15) is 59.0 Å². The van der Waals surface area contributed by atoms with Crippen molar-refractivity contribution in [3.63, 3.8) is 0 Å². The molecule has 2 heteroatoms. The van der Waals surface area contributed by atoms with Gasteiger partial charge in [-0.25, -0.2) is 41.8 Å². The normalized spacial score (nSPS) is 11.2. The maximum atomic E-state index is 2.36. The van der Waals surface area contributed by atoms with Crippen LogP contribution in [0.3, 0.4) is 0 Å². The minimum Gasteiger partial charge on any atom is -0.747 e. The van der Waals surface area contributed by atoms with Crippen molar-refractivity contribution in [1.82, 2.24) is 0 Å². The van der Waals surface area contributed by atoms with Crippen LogP contribution in [0.4, 0.5) is 0 Å². The summed E-state index contributed by atoms with van der Waals surface area (Å²) < 4.78 is 0. The van der Waals surface area contributed by atoms with Crippen molar-refractivity contribution in [3.05, 3.63) is 119 Å². The molecule has 0 aliphatic carbocycles. The predicted octanol–water partition coefficient (Wildman–Crippen LogP) is 8.85. The van der Waals surface area contributed by atoms with Gasteiger partial charge in [-0.3, -0.25) is 0 Å². The first kappa shape index (κ1) is 31.4. The smallest absolute Gasteiger partial charge is 0 e.